The lowest BCUT2D eigenvalue weighted by atomic mass is 10.0. The molecule has 0 radical (unpaired) electrons. The first-order chi connectivity index (χ1) is 15.6. The number of aryl methyl sites for hydroxylation is 1. The molecule has 0 bridgehead atoms. The maximum atomic E-state index is 12.5. The Bertz CT molecular complexity index is 1260. The van der Waals surface area contributed by atoms with Crippen LogP contribution in [0.3, 0.4) is 0 Å². The van der Waals surface area contributed by atoms with Gasteiger partial charge in [0.15, 0.2) is 0 Å². The van der Waals surface area contributed by atoms with E-state index in [1.807, 2.05) is 25.5 Å². The van der Waals surface area contributed by atoms with Gasteiger partial charge in [0.05, 0.1) is 17.9 Å². The SMILES string of the molecule is Cn1cc(-c2cc3cc(NC(=O)c4ccncc4)ncc3nc2N2CCC(N)CC2)cn1. The molecule has 1 fully saturated rings. The van der Waals surface area contributed by atoms with E-state index in [0.29, 0.717) is 11.4 Å². The second kappa shape index (κ2) is 8.35. The van der Waals surface area contributed by atoms with Crippen molar-refractivity contribution >= 4 is 28.4 Å². The number of nitrogens with two attached hydrogens (primary N) is 1. The second-order valence-corrected chi connectivity index (χ2v) is 8.04. The Hall–Kier alpha value is -3.85. The zero-order chi connectivity index (χ0) is 22.1. The van der Waals surface area contributed by atoms with Gasteiger partial charge in [0.2, 0.25) is 0 Å². The molecule has 0 saturated carbocycles. The summed E-state index contributed by atoms with van der Waals surface area (Å²) in [5, 5.41) is 8.08. The molecule has 0 aromatic carbocycles. The quantitative estimate of drug-likeness (QED) is 0.513. The van der Waals surface area contributed by atoms with Crippen molar-refractivity contribution in [3.05, 3.63) is 60.8 Å². The van der Waals surface area contributed by atoms with Gasteiger partial charge in [-0.15, -0.1) is 0 Å². The summed E-state index contributed by atoms with van der Waals surface area (Å²) < 4.78 is 1.78. The van der Waals surface area contributed by atoms with E-state index < -0.39 is 0 Å². The first kappa shape index (κ1) is 20.1. The Labute approximate surface area is 185 Å². The van der Waals surface area contributed by atoms with Crippen molar-refractivity contribution < 1.29 is 4.79 Å². The van der Waals surface area contributed by atoms with E-state index in [9.17, 15) is 4.79 Å². The summed E-state index contributed by atoms with van der Waals surface area (Å²) in [4.78, 5) is 28.1. The van der Waals surface area contributed by atoms with Gasteiger partial charge in [0, 0.05) is 66.8 Å². The van der Waals surface area contributed by atoms with Crippen molar-refractivity contribution in [1.29, 1.82) is 0 Å². The third-order valence-corrected chi connectivity index (χ3v) is 5.72. The van der Waals surface area contributed by atoms with Gasteiger partial charge in [0.1, 0.15) is 11.6 Å². The highest BCUT2D eigenvalue weighted by molar-refractivity contribution is 6.04. The molecule has 0 atom stereocenters. The predicted molar refractivity (Wildman–Crippen MR) is 123 cm³/mol. The van der Waals surface area contributed by atoms with E-state index in [-0.39, 0.29) is 11.9 Å². The maximum absolute atomic E-state index is 12.5. The first-order valence-corrected chi connectivity index (χ1v) is 10.6. The Balaban J connectivity index is 1.53. The highest BCUT2D eigenvalue weighted by Crippen LogP contribution is 2.34. The summed E-state index contributed by atoms with van der Waals surface area (Å²) in [5.74, 6) is 1.14. The number of fused-ring (bicyclic) bond motifs is 1. The van der Waals surface area contributed by atoms with Gasteiger partial charge >= 0.3 is 0 Å². The number of rotatable bonds is 4. The van der Waals surface area contributed by atoms with Crippen LogP contribution in [-0.4, -0.2) is 49.8 Å². The molecule has 4 aromatic rings. The van der Waals surface area contributed by atoms with Gasteiger partial charge < -0.3 is 16.0 Å². The largest absolute Gasteiger partial charge is 0.356 e. The number of anilines is 2. The fourth-order valence-corrected chi connectivity index (χ4v) is 3.95. The molecule has 0 unspecified atom stereocenters. The number of hydrogen-bond donors (Lipinski definition) is 2. The van der Waals surface area contributed by atoms with Crippen LogP contribution in [0.4, 0.5) is 11.6 Å². The molecular weight excluding hydrogens is 404 g/mol. The lowest BCUT2D eigenvalue weighted by Crippen LogP contribution is -2.40. The minimum absolute atomic E-state index is 0.235. The van der Waals surface area contributed by atoms with E-state index >= 15 is 0 Å². The highest BCUT2D eigenvalue weighted by atomic mass is 16.1. The van der Waals surface area contributed by atoms with Crippen molar-refractivity contribution in [2.24, 2.45) is 12.8 Å². The van der Waals surface area contributed by atoms with Crippen LogP contribution in [0.5, 0.6) is 0 Å². The van der Waals surface area contributed by atoms with Gasteiger partial charge in [-0.2, -0.15) is 5.10 Å². The zero-order valence-corrected chi connectivity index (χ0v) is 17.8. The molecule has 5 rings (SSSR count). The number of piperidine rings is 1. The third kappa shape index (κ3) is 4.02. The van der Waals surface area contributed by atoms with Crippen molar-refractivity contribution in [3.63, 3.8) is 0 Å². The lowest BCUT2D eigenvalue weighted by Gasteiger charge is -2.32. The summed E-state index contributed by atoms with van der Waals surface area (Å²) in [6, 6.07) is 7.50. The number of amides is 1. The molecule has 32 heavy (non-hydrogen) atoms. The Morgan fingerprint density at radius 1 is 1.16 bits per heavy atom. The first-order valence-electron chi connectivity index (χ1n) is 10.6. The van der Waals surface area contributed by atoms with Gasteiger partial charge in [-0.25, -0.2) is 9.97 Å². The van der Waals surface area contributed by atoms with E-state index in [1.54, 1.807) is 35.4 Å². The van der Waals surface area contributed by atoms with Crippen LogP contribution in [-0.2, 0) is 7.05 Å². The molecule has 0 spiro atoms. The topological polar surface area (TPSA) is 115 Å². The van der Waals surface area contributed by atoms with Crippen LogP contribution in [0.2, 0.25) is 0 Å². The number of carbonyl (C=O) groups excluding carboxylic acids is 1. The summed E-state index contributed by atoms with van der Waals surface area (Å²) >= 11 is 0. The molecular formula is C23H24N8O. The van der Waals surface area contributed by atoms with Crippen LogP contribution in [0.1, 0.15) is 23.2 Å². The van der Waals surface area contributed by atoms with E-state index in [2.05, 4.69) is 31.3 Å². The fraction of sp³-hybridized carbons (Fsp3) is 0.261. The molecule has 9 heteroatoms. The van der Waals surface area contributed by atoms with Crippen LogP contribution in [0, 0.1) is 0 Å². The minimum Gasteiger partial charge on any atom is -0.356 e. The fourth-order valence-electron chi connectivity index (χ4n) is 3.95. The Kier molecular flexibility index (Phi) is 5.24. The summed E-state index contributed by atoms with van der Waals surface area (Å²) in [7, 11) is 1.90. The number of nitrogens with one attached hydrogen (secondary N) is 1. The van der Waals surface area contributed by atoms with Gasteiger partial charge in [-0.1, -0.05) is 0 Å². The zero-order valence-electron chi connectivity index (χ0n) is 17.8. The van der Waals surface area contributed by atoms with Crippen LogP contribution < -0.4 is 16.0 Å². The van der Waals surface area contributed by atoms with Crippen LogP contribution in [0.25, 0.3) is 22.0 Å². The molecule has 5 heterocycles. The Morgan fingerprint density at radius 3 is 2.66 bits per heavy atom. The summed E-state index contributed by atoms with van der Waals surface area (Å²) in [5.41, 5.74) is 9.39. The number of carbonyl (C=O) groups is 1. The summed E-state index contributed by atoms with van der Waals surface area (Å²) in [6.45, 7) is 1.72. The number of nitrogens with zero attached hydrogens (tertiary/aromatic N) is 6. The van der Waals surface area contributed by atoms with Gasteiger partial charge in [0.25, 0.3) is 5.91 Å². The van der Waals surface area contributed by atoms with E-state index in [0.717, 1.165) is 53.8 Å². The number of pyridine rings is 3. The highest BCUT2D eigenvalue weighted by Gasteiger charge is 2.22. The standard InChI is InChI=1S/C23H24N8O/c1-30-14-17(12-27-30)19-10-16-11-21(29-23(32)15-2-6-25-7-3-15)26-13-20(16)28-22(19)31-8-4-18(24)5-9-31/h2-3,6-7,10-14,18H,4-5,8-9,24H2,1H3,(H,26,29,32). The van der Waals surface area contributed by atoms with Gasteiger partial charge in [-0.05, 0) is 37.1 Å². The molecule has 9 nitrogen and oxygen atoms in total. The lowest BCUT2D eigenvalue weighted by molar-refractivity contribution is 0.102. The molecule has 0 aliphatic carbocycles. The van der Waals surface area contributed by atoms with Crippen LogP contribution >= 0.6 is 0 Å². The second-order valence-electron chi connectivity index (χ2n) is 8.04. The predicted octanol–water partition coefficient (Wildman–Crippen LogP) is 2.61. The molecule has 3 N–H and O–H groups in total. The monoisotopic (exact) mass is 428 g/mol. The van der Waals surface area contributed by atoms with Crippen LogP contribution in [0.15, 0.2) is 55.2 Å². The van der Waals surface area contributed by atoms with E-state index in [1.165, 1.54) is 0 Å². The Morgan fingerprint density at radius 2 is 1.94 bits per heavy atom. The minimum atomic E-state index is -0.235. The van der Waals surface area contributed by atoms with Crippen molar-refractivity contribution in [2.45, 2.75) is 18.9 Å². The maximum Gasteiger partial charge on any atom is 0.256 e. The summed E-state index contributed by atoms with van der Waals surface area (Å²) in [6.07, 6.45) is 10.6. The van der Waals surface area contributed by atoms with Gasteiger partial charge in [-0.3, -0.25) is 14.5 Å². The average molecular weight is 429 g/mol. The van der Waals surface area contributed by atoms with Crippen molar-refractivity contribution in [3.8, 4) is 11.1 Å². The molecule has 1 aliphatic heterocycles. The average Bonchev–Trinajstić information content (AvgIpc) is 3.25. The van der Waals surface area contributed by atoms with Crippen molar-refractivity contribution in [1.82, 2.24) is 24.7 Å². The number of aromatic nitrogens is 5. The normalized spacial score (nSPS) is 14.6. The molecule has 162 valence electrons. The molecule has 1 aliphatic rings. The molecule has 4 aromatic heterocycles. The van der Waals surface area contributed by atoms with E-state index in [4.69, 9.17) is 10.7 Å². The van der Waals surface area contributed by atoms with Crippen molar-refractivity contribution in [2.75, 3.05) is 23.3 Å². The number of hydrogen-bond acceptors (Lipinski definition) is 7. The molecule has 1 saturated heterocycles. The molecule has 1 amide bonds. The smallest absolute Gasteiger partial charge is 0.256 e. The third-order valence-electron chi connectivity index (χ3n) is 5.72.